The molecule has 0 saturated heterocycles. The molecule has 5 nitrogen and oxygen atoms in total. The molecule has 1 aliphatic heterocycles. The number of aromatic nitrogens is 2. The van der Waals surface area contributed by atoms with Crippen molar-refractivity contribution in [3.63, 3.8) is 0 Å². The second-order valence-electron chi connectivity index (χ2n) is 2.22. The molecule has 0 spiro atoms. The Hall–Kier alpha value is -1.52. The molecule has 5 heteroatoms. The van der Waals surface area contributed by atoms with Gasteiger partial charge in [-0.05, 0) is 0 Å². The Morgan fingerprint density at radius 3 is 3.45 bits per heavy atom. The van der Waals surface area contributed by atoms with Gasteiger partial charge in [0.2, 0.25) is 0 Å². The Kier molecular flexibility index (Phi) is 1.28. The predicted molar refractivity (Wildman–Crippen MR) is 40.4 cm³/mol. The minimum absolute atomic E-state index is 0.404. The van der Waals surface area contributed by atoms with E-state index < -0.39 is 0 Å². The number of nitrogen functional groups attached to an aromatic ring is 1. The van der Waals surface area contributed by atoms with E-state index in [9.17, 15) is 0 Å². The summed E-state index contributed by atoms with van der Waals surface area (Å²) in [4.78, 5) is 7.94. The smallest absolute Gasteiger partial charge is 0.257 e. The van der Waals surface area contributed by atoms with Gasteiger partial charge in [0.1, 0.15) is 12.4 Å². The largest absolute Gasteiger partial charge is 0.473 e. The van der Waals surface area contributed by atoms with Gasteiger partial charge < -0.3 is 15.8 Å². The number of nitrogens with zero attached hydrogens (tertiary/aromatic N) is 2. The Morgan fingerprint density at radius 1 is 1.64 bits per heavy atom. The van der Waals surface area contributed by atoms with E-state index in [1.165, 1.54) is 6.20 Å². The van der Waals surface area contributed by atoms with Gasteiger partial charge in [-0.25, -0.2) is 9.97 Å². The molecule has 2 heterocycles. The van der Waals surface area contributed by atoms with Crippen molar-refractivity contribution < 1.29 is 4.74 Å². The maximum atomic E-state index is 5.41. The number of rotatable bonds is 0. The highest BCUT2D eigenvalue weighted by Gasteiger charge is 2.11. The molecule has 0 saturated carbocycles. The lowest BCUT2D eigenvalue weighted by molar-refractivity contribution is 0.308. The number of fused-ring (bicyclic) bond motifs is 1. The van der Waals surface area contributed by atoms with Gasteiger partial charge in [-0.3, -0.25) is 0 Å². The van der Waals surface area contributed by atoms with Crippen molar-refractivity contribution in [3.8, 4) is 5.88 Å². The topological polar surface area (TPSA) is 73.1 Å². The summed E-state index contributed by atoms with van der Waals surface area (Å²) in [5.74, 6) is 1.57. The van der Waals surface area contributed by atoms with Crippen LogP contribution in [0.5, 0.6) is 5.88 Å². The molecule has 1 aromatic heterocycles. The van der Waals surface area contributed by atoms with Gasteiger partial charge in [-0.15, -0.1) is 0 Å². The molecule has 0 atom stereocenters. The molecule has 0 fully saturated rings. The van der Waals surface area contributed by atoms with E-state index in [1.807, 2.05) is 0 Å². The van der Waals surface area contributed by atoms with Crippen molar-refractivity contribution in [2.75, 3.05) is 24.2 Å². The van der Waals surface area contributed by atoms with Gasteiger partial charge in [-0.2, -0.15) is 0 Å². The summed E-state index contributed by atoms with van der Waals surface area (Å²) in [6.07, 6.45) is 1.48. The molecule has 0 bridgehead atoms. The van der Waals surface area contributed by atoms with Crippen LogP contribution in [-0.4, -0.2) is 23.1 Å². The lowest BCUT2D eigenvalue weighted by Crippen LogP contribution is -2.20. The maximum Gasteiger partial charge on any atom is 0.257 e. The number of anilines is 2. The first-order valence-electron chi connectivity index (χ1n) is 3.35. The molecule has 2 rings (SSSR count). The lowest BCUT2D eigenvalue weighted by Gasteiger charge is -2.16. The Morgan fingerprint density at radius 2 is 2.55 bits per heavy atom. The third-order valence-corrected chi connectivity index (χ3v) is 1.39. The van der Waals surface area contributed by atoms with E-state index in [2.05, 4.69) is 15.3 Å². The van der Waals surface area contributed by atoms with E-state index in [0.717, 1.165) is 6.54 Å². The highest BCUT2D eigenvalue weighted by Crippen LogP contribution is 2.21. The number of hydrogen-bond acceptors (Lipinski definition) is 5. The summed E-state index contributed by atoms with van der Waals surface area (Å²) in [5.41, 5.74) is 5.41. The van der Waals surface area contributed by atoms with Crippen molar-refractivity contribution in [2.24, 2.45) is 0 Å². The van der Waals surface area contributed by atoms with Crippen molar-refractivity contribution in [1.82, 2.24) is 9.97 Å². The molecule has 3 N–H and O–H groups in total. The normalized spacial score (nSPS) is 14.5. The maximum absolute atomic E-state index is 5.41. The van der Waals surface area contributed by atoms with Gasteiger partial charge in [0.15, 0.2) is 5.82 Å². The number of ether oxygens (including phenoxy) is 1. The summed E-state index contributed by atoms with van der Waals surface area (Å²) in [6.45, 7) is 1.39. The third kappa shape index (κ3) is 1.04. The van der Waals surface area contributed by atoms with Gasteiger partial charge >= 0.3 is 0 Å². The van der Waals surface area contributed by atoms with Crippen molar-refractivity contribution in [1.29, 1.82) is 0 Å². The average Bonchev–Trinajstić information content (AvgIpc) is 2.04. The van der Waals surface area contributed by atoms with Gasteiger partial charge in [-0.1, -0.05) is 0 Å². The lowest BCUT2D eigenvalue weighted by atomic mass is 10.5. The minimum Gasteiger partial charge on any atom is -0.473 e. The fourth-order valence-corrected chi connectivity index (χ4v) is 0.930. The molecular formula is C6H8N4O. The van der Waals surface area contributed by atoms with Crippen LogP contribution < -0.4 is 15.8 Å². The van der Waals surface area contributed by atoms with E-state index in [1.54, 1.807) is 0 Å². The fourth-order valence-electron chi connectivity index (χ4n) is 0.930. The number of hydrogen-bond donors (Lipinski definition) is 2. The zero-order valence-corrected chi connectivity index (χ0v) is 5.87. The number of nitrogens with one attached hydrogen (secondary N) is 1. The average molecular weight is 152 g/mol. The van der Waals surface area contributed by atoms with E-state index in [4.69, 9.17) is 10.5 Å². The molecule has 58 valence electrons. The van der Waals surface area contributed by atoms with Crippen LogP contribution in [0.2, 0.25) is 0 Å². The monoisotopic (exact) mass is 152 g/mol. The molecule has 1 aromatic rings. The van der Waals surface area contributed by atoms with Crippen LogP contribution in [0.1, 0.15) is 0 Å². The summed E-state index contributed by atoms with van der Waals surface area (Å²) in [5, 5.41) is 3.02. The SMILES string of the molecule is Nc1cnc2c(n1)NCCO2. The second kappa shape index (κ2) is 2.26. The summed E-state index contributed by atoms with van der Waals surface area (Å²) in [7, 11) is 0. The predicted octanol–water partition coefficient (Wildman–Crippen LogP) is -0.137. The molecular weight excluding hydrogens is 144 g/mol. The number of nitrogens with two attached hydrogens (primary N) is 1. The summed E-state index contributed by atoms with van der Waals surface area (Å²) in [6, 6.07) is 0. The van der Waals surface area contributed by atoms with Crippen molar-refractivity contribution >= 4 is 11.6 Å². The van der Waals surface area contributed by atoms with E-state index in [-0.39, 0.29) is 0 Å². The third-order valence-electron chi connectivity index (χ3n) is 1.39. The molecule has 11 heavy (non-hydrogen) atoms. The Labute approximate surface area is 63.6 Å². The zero-order chi connectivity index (χ0) is 7.68. The van der Waals surface area contributed by atoms with Crippen LogP contribution in [-0.2, 0) is 0 Å². The first-order chi connectivity index (χ1) is 5.36. The van der Waals surface area contributed by atoms with Crippen LogP contribution in [0.25, 0.3) is 0 Å². The van der Waals surface area contributed by atoms with Crippen LogP contribution in [0.3, 0.4) is 0 Å². The molecule has 0 aliphatic carbocycles. The Balaban J connectivity index is 2.43. The molecule has 0 amide bonds. The quantitative estimate of drug-likeness (QED) is 0.541. The van der Waals surface area contributed by atoms with Crippen LogP contribution >= 0.6 is 0 Å². The first-order valence-corrected chi connectivity index (χ1v) is 3.35. The standard InChI is InChI=1S/C6H8N4O/c7-4-3-9-6-5(10-4)8-1-2-11-6/h3H,1-2H2,(H3,7,8,10). The molecule has 0 unspecified atom stereocenters. The van der Waals surface area contributed by atoms with Crippen molar-refractivity contribution in [2.45, 2.75) is 0 Å². The fraction of sp³-hybridized carbons (Fsp3) is 0.333. The molecule has 0 aromatic carbocycles. The van der Waals surface area contributed by atoms with E-state index in [0.29, 0.717) is 24.1 Å². The molecule has 0 radical (unpaired) electrons. The zero-order valence-electron chi connectivity index (χ0n) is 5.87. The van der Waals surface area contributed by atoms with Gasteiger partial charge in [0.05, 0.1) is 12.7 Å². The summed E-state index contributed by atoms with van der Waals surface area (Å²) >= 11 is 0. The second-order valence-corrected chi connectivity index (χ2v) is 2.22. The van der Waals surface area contributed by atoms with Crippen LogP contribution in [0.15, 0.2) is 6.20 Å². The van der Waals surface area contributed by atoms with E-state index >= 15 is 0 Å². The first kappa shape index (κ1) is 6.21. The molecule has 1 aliphatic rings. The van der Waals surface area contributed by atoms with Crippen LogP contribution in [0, 0.1) is 0 Å². The highest BCUT2D eigenvalue weighted by molar-refractivity contribution is 5.50. The van der Waals surface area contributed by atoms with Crippen molar-refractivity contribution in [3.05, 3.63) is 6.20 Å². The highest BCUT2D eigenvalue weighted by atomic mass is 16.5. The van der Waals surface area contributed by atoms with Crippen LogP contribution in [0.4, 0.5) is 11.6 Å². The Bertz CT molecular complexity index is 275. The van der Waals surface area contributed by atoms with Gasteiger partial charge in [0.25, 0.3) is 5.88 Å². The van der Waals surface area contributed by atoms with Gasteiger partial charge in [0, 0.05) is 0 Å². The minimum atomic E-state index is 0.404. The summed E-state index contributed by atoms with van der Waals surface area (Å²) < 4.78 is 5.19.